The first-order valence-electron chi connectivity index (χ1n) is 9.49. The molecule has 30 heavy (non-hydrogen) atoms. The third kappa shape index (κ3) is 4.11. The van der Waals surface area contributed by atoms with Gasteiger partial charge in [0, 0.05) is 22.7 Å². The minimum atomic E-state index is -0.207. The summed E-state index contributed by atoms with van der Waals surface area (Å²) in [5.74, 6) is 0.312. The summed E-state index contributed by atoms with van der Waals surface area (Å²) in [5, 5.41) is 4.82. The van der Waals surface area contributed by atoms with Crippen LogP contribution in [-0.4, -0.2) is 15.3 Å². The fourth-order valence-electron chi connectivity index (χ4n) is 3.17. The zero-order valence-electron chi connectivity index (χ0n) is 16.9. The minimum Gasteiger partial charge on any atom is -0.485 e. The molecule has 0 saturated heterocycles. The number of aromatic nitrogens is 2. The van der Waals surface area contributed by atoms with Crippen LogP contribution in [0.4, 0.5) is 5.69 Å². The average Bonchev–Trinajstić information content (AvgIpc) is 3.08. The van der Waals surface area contributed by atoms with Crippen molar-refractivity contribution in [2.24, 2.45) is 0 Å². The third-order valence-corrected chi connectivity index (χ3v) is 5.61. The predicted octanol–water partition coefficient (Wildman–Crippen LogP) is 4.51. The highest BCUT2D eigenvalue weighted by molar-refractivity contribution is 7.15. The van der Waals surface area contributed by atoms with E-state index in [9.17, 15) is 9.59 Å². The van der Waals surface area contributed by atoms with E-state index in [1.165, 1.54) is 17.4 Å². The van der Waals surface area contributed by atoms with Gasteiger partial charge in [0.2, 0.25) is 0 Å². The standard InChI is InChI=1S/C23H21N3O3S/c1-14-5-4-6-17(9-14)22(28)25-19-10-15(2)7-8-20(19)29-12-18-11-21(27)26-16(3)13-30-23(26)24-18/h4-11,13H,12H2,1-3H3,(H,25,28). The Morgan fingerprint density at radius 3 is 2.70 bits per heavy atom. The molecule has 2 aromatic heterocycles. The number of hydrogen-bond donors (Lipinski definition) is 1. The molecule has 0 aliphatic carbocycles. The summed E-state index contributed by atoms with van der Waals surface area (Å²) in [6, 6.07) is 14.5. The van der Waals surface area contributed by atoms with Crippen LogP contribution in [0.25, 0.3) is 4.96 Å². The van der Waals surface area contributed by atoms with Crippen LogP contribution in [0.15, 0.2) is 58.7 Å². The number of nitrogens with one attached hydrogen (secondary N) is 1. The van der Waals surface area contributed by atoms with Crippen LogP contribution in [0.1, 0.15) is 32.9 Å². The summed E-state index contributed by atoms with van der Waals surface area (Å²) in [7, 11) is 0. The number of benzene rings is 2. The van der Waals surface area contributed by atoms with Gasteiger partial charge in [-0.3, -0.25) is 14.0 Å². The van der Waals surface area contributed by atoms with E-state index in [-0.39, 0.29) is 18.1 Å². The largest absolute Gasteiger partial charge is 0.485 e. The number of amides is 1. The highest BCUT2D eigenvalue weighted by atomic mass is 32.1. The Morgan fingerprint density at radius 1 is 1.10 bits per heavy atom. The van der Waals surface area contributed by atoms with Crippen LogP contribution in [-0.2, 0) is 6.61 Å². The van der Waals surface area contributed by atoms with E-state index < -0.39 is 0 Å². The summed E-state index contributed by atoms with van der Waals surface area (Å²) in [5.41, 5.74) is 4.43. The van der Waals surface area contributed by atoms with Crippen molar-refractivity contribution >= 4 is 27.9 Å². The van der Waals surface area contributed by atoms with E-state index in [2.05, 4.69) is 10.3 Å². The number of ether oxygens (including phenoxy) is 1. The molecular formula is C23H21N3O3S. The molecule has 6 nitrogen and oxygen atoms in total. The van der Waals surface area contributed by atoms with Crippen LogP contribution in [0.3, 0.4) is 0 Å². The average molecular weight is 420 g/mol. The van der Waals surface area contributed by atoms with Crippen molar-refractivity contribution < 1.29 is 9.53 Å². The molecule has 0 saturated carbocycles. The number of fused-ring (bicyclic) bond motifs is 1. The van der Waals surface area contributed by atoms with E-state index in [4.69, 9.17) is 4.74 Å². The van der Waals surface area contributed by atoms with Gasteiger partial charge in [-0.2, -0.15) is 0 Å². The molecule has 4 aromatic rings. The van der Waals surface area contributed by atoms with Gasteiger partial charge in [-0.15, -0.1) is 11.3 Å². The summed E-state index contributed by atoms with van der Waals surface area (Å²) in [6.07, 6.45) is 0. The number of aryl methyl sites for hydroxylation is 3. The molecule has 0 aliphatic rings. The predicted molar refractivity (Wildman–Crippen MR) is 119 cm³/mol. The van der Waals surface area contributed by atoms with E-state index in [0.717, 1.165) is 16.8 Å². The molecule has 1 amide bonds. The fourth-order valence-corrected chi connectivity index (χ4v) is 4.07. The van der Waals surface area contributed by atoms with Gasteiger partial charge in [-0.25, -0.2) is 4.98 Å². The van der Waals surface area contributed by atoms with E-state index in [1.807, 2.05) is 62.5 Å². The molecule has 4 rings (SSSR count). The van der Waals surface area contributed by atoms with Gasteiger partial charge in [0.25, 0.3) is 11.5 Å². The van der Waals surface area contributed by atoms with Gasteiger partial charge < -0.3 is 10.1 Å². The first-order valence-corrected chi connectivity index (χ1v) is 10.4. The Labute approximate surface area is 177 Å². The van der Waals surface area contributed by atoms with Crippen molar-refractivity contribution in [1.82, 2.24) is 9.38 Å². The molecule has 0 fully saturated rings. The van der Waals surface area contributed by atoms with Gasteiger partial charge in [0.05, 0.1) is 11.4 Å². The second-order valence-electron chi connectivity index (χ2n) is 7.19. The van der Waals surface area contributed by atoms with Crippen LogP contribution in [0, 0.1) is 20.8 Å². The Morgan fingerprint density at radius 2 is 1.90 bits per heavy atom. The van der Waals surface area contributed by atoms with Crippen LogP contribution in [0.5, 0.6) is 5.75 Å². The normalized spacial score (nSPS) is 10.9. The van der Waals surface area contributed by atoms with Crippen molar-refractivity contribution in [3.05, 3.63) is 92.3 Å². The molecule has 0 radical (unpaired) electrons. The number of anilines is 1. The van der Waals surface area contributed by atoms with Crippen molar-refractivity contribution in [1.29, 1.82) is 0 Å². The SMILES string of the molecule is Cc1cccc(C(=O)Nc2cc(C)ccc2OCc2cc(=O)n3c(C)csc3n2)c1. The zero-order chi connectivity index (χ0) is 21.3. The lowest BCUT2D eigenvalue weighted by Gasteiger charge is -2.13. The summed E-state index contributed by atoms with van der Waals surface area (Å²) in [6.45, 7) is 5.89. The van der Waals surface area contributed by atoms with Gasteiger partial charge in [-0.1, -0.05) is 23.8 Å². The first kappa shape index (κ1) is 19.8. The van der Waals surface area contributed by atoms with Crippen LogP contribution < -0.4 is 15.6 Å². The van der Waals surface area contributed by atoms with Crippen molar-refractivity contribution in [2.75, 3.05) is 5.32 Å². The monoisotopic (exact) mass is 419 g/mol. The Hall–Kier alpha value is -3.45. The molecule has 0 bridgehead atoms. The summed E-state index contributed by atoms with van der Waals surface area (Å²) < 4.78 is 7.51. The van der Waals surface area contributed by atoms with Gasteiger partial charge >= 0.3 is 0 Å². The quantitative estimate of drug-likeness (QED) is 0.516. The molecule has 0 unspecified atom stereocenters. The Bertz CT molecular complexity index is 1310. The Kier molecular flexibility index (Phi) is 5.37. The highest BCUT2D eigenvalue weighted by Crippen LogP contribution is 2.27. The molecule has 2 heterocycles. The van der Waals surface area contributed by atoms with Gasteiger partial charge in [0.15, 0.2) is 4.96 Å². The molecule has 7 heteroatoms. The van der Waals surface area contributed by atoms with Crippen LogP contribution in [0.2, 0.25) is 0 Å². The third-order valence-electron chi connectivity index (χ3n) is 4.67. The number of nitrogens with zero attached hydrogens (tertiary/aromatic N) is 2. The second-order valence-corrected chi connectivity index (χ2v) is 8.03. The smallest absolute Gasteiger partial charge is 0.259 e. The number of thiazole rings is 1. The molecule has 152 valence electrons. The minimum absolute atomic E-state index is 0.124. The summed E-state index contributed by atoms with van der Waals surface area (Å²) >= 11 is 1.42. The molecular weight excluding hydrogens is 398 g/mol. The van der Waals surface area contributed by atoms with Crippen molar-refractivity contribution in [3.8, 4) is 5.75 Å². The van der Waals surface area contributed by atoms with Crippen LogP contribution >= 0.6 is 11.3 Å². The van der Waals surface area contributed by atoms with Crippen molar-refractivity contribution in [2.45, 2.75) is 27.4 Å². The molecule has 0 spiro atoms. The zero-order valence-corrected chi connectivity index (χ0v) is 17.7. The maximum atomic E-state index is 12.7. The second kappa shape index (κ2) is 8.12. The van der Waals surface area contributed by atoms with Crippen molar-refractivity contribution in [3.63, 3.8) is 0 Å². The number of rotatable bonds is 5. The van der Waals surface area contributed by atoms with E-state index >= 15 is 0 Å². The lowest BCUT2D eigenvalue weighted by molar-refractivity contribution is 0.102. The lowest BCUT2D eigenvalue weighted by atomic mass is 10.1. The van der Waals surface area contributed by atoms with E-state index in [1.54, 1.807) is 10.5 Å². The first-order chi connectivity index (χ1) is 14.4. The lowest BCUT2D eigenvalue weighted by Crippen LogP contribution is -2.16. The summed E-state index contributed by atoms with van der Waals surface area (Å²) in [4.78, 5) is 30.2. The molecule has 0 aliphatic heterocycles. The highest BCUT2D eigenvalue weighted by Gasteiger charge is 2.12. The number of carbonyl (C=O) groups is 1. The van der Waals surface area contributed by atoms with E-state index in [0.29, 0.717) is 27.7 Å². The number of hydrogen-bond acceptors (Lipinski definition) is 5. The van der Waals surface area contributed by atoms with Gasteiger partial charge in [-0.05, 0) is 50.6 Å². The number of carbonyl (C=O) groups excluding carboxylic acids is 1. The topological polar surface area (TPSA) is 72.7 Å². The van der Waals surface area contributed by atoms with Gasteiger partial charge in [0.1, 0.15) is 12.4 Å². The fraction of sp³-hybridized carbons (Fsp3) is 0.174. The molecule has 2 aromatic carbocycles. The molecule has 0 atom stereocenters. The Balaban J connectivity index is 1.56. The maximum absolute atomic E-state index is 12.7. The molecule has 1 N–H and O–H groups in total. The maximum Gasteiger partial charge on any atom is 0.259 e.